The lowest BCUT2D eigenvalue weighted by Crippen LogP contribution is -2.11. The standard InChI is InChI=1S/C14H19N3O2/c1-15-8-3-9-17-11-14(10-16-17)19-13-6-4-12(18-2)5-7-13/h4-7,10-11,15H,3,8-9H2,1-2H3. The number of hydrogen-bond donors (Lipinski definition) is 1. The molecule has 0 saturated heterocycles. The number of aryl methyl sites for hydroxylation is 1. The van der Waals surface area contributed by atoms with Crippen LogP contribution >= 0.6 is 0 Å². The zero-order valence-electron chi connectivity index (χ0n) is 11.3. The highest BCUT2D eigenvalue weighted by atomic mass is 16.5. The number of nitrogens with one attached hydrogen (secondary N) is 1. The van der Waals surface area contributed by atoms with E-state index in [2.05, 4.69) is 10.4 Å². The molecule has 102 valence electrons. The normalized spacial score (nSPS) is 10.4. The van der Waals surface area contributed by atoms with Gasteiger partial charge in [0.25, 0.3) is 0 Å². The fourth-order valence-electron chi connectivity index (χ4n) is 1.72. The molecule has 0 bridgehead atoms. The first-order valence-electron chi connectivity index (χ1n) is 6.31. The summed E-state index contributed by atoms with van der Waals surface area (Å²) in [4.78, 5) is 0. The molecule has 5 nitrogen and oxygen atoms in total. The second kappa shape index (κ2) is 6.80. The van der Waals surface area contributed by atoms with Gasteiger partial charge in [-0.1, -0.05) is 0 Å². The average Bonchev–Trinajstić information content (AvgIpc) is 2.88. The molecule has 0 saturated carbocycles. The molecule has 0 radical (unpaired) electrons. The molecule has 0 aliphatic heterocycles. The fraction of sp³-hybridized carbons (Fsp3) is 0.357. The molecule has 5 heteroatoms. The maximum absolute atomic E-state index is 5.71. The van der Waals surface area contributed by atoms with Gasteiger partial charge in [-0.25, -0.2) is 0 Å². The molecule has 0 spiro atoms. The van der Waals surface area contributed by atoms with Gasteiger partial charge in [0.1, 0.15) is 11.5 Å². The maximum Gasteiger partial charge on any atom is 0.165 e. The van der Waals surface area contributed by atoms with E-state index in [9.17, 15) is 0 Å². The zero-order valence-corrected chi connectivity index (χ0v) is 11.3. The molecule has 0 unspecified atom stereocenters. The molecule has 1 aromatic heterocycles. The Hall–Kier alpha value is -2.01. The van der Waals surface area contributed by atoms with Crippen molar-refractivity contribution < 1.29 is 9.47 Å². The van der Waals surface area contributed by atoms with E-state index in [0.717, 1.165) is 36.8 Å². The molecule has 0 aliphatic rings. The summed E-state index contributed by atoms with van der Waals surface area (Å²) in [6.07, 6.45) is 4.67. The Morgan fingerprint density at radius 1 is 1.16 bits per heavy atom. The van der Waals surface area contributed by atoms with Crippen molar-refractivity contribution in [3.05, 3.63) is 36.7 Å². The van der Waals surface area contributed by atoms with E-state index in [1.54, 1.807) is 13.3 Å². The second-order valence-corrected chi connectivity index (χ2v) is 4.17. The Kier molecular flexibility index (Phi) is 4.80. The predicted molar refractivity (Wildman–Crippen MR) is 73.8 cm³/mol. The van der Waals surface area contributed by atoms with Gasteiger partial charge in [-0.05, 0) is 44.3 Å². The van der Waals surface area contributed by atoms with Crippen molar-refractivity contribution in [2.45, 2.75) is 13.0 Å². The summed E-state index contributed by atoms with van der Waals surface area (Å²) in [5, 5.41) is 7.37. The number of rotatable bonds is 7. The highest BCUT2D eigenvalue weighted by molar-refractivity contribution is 5.33. The van der Waals surface area contributed by atoms with Crippen LogP contribution in [-0.2, 0) is 6.54 Å². The lowest BCUT2D eigenvalue weighted by molar-refractivity contribution is 0.413. The van der Waals surface area contributed by atoms with Crippen molar-refractivity contribution in [3.63, 3.8) is 0 Å². The smallest absolute Gasteiger partial charge is 0.165 e. The molecule has 2 aromatic rings. The summed E-state index contributed by atoms with van der Waals surface area (Å²) in [5.41, 5.74) is 0. The Bertz CT molecular complexity index is 494. The van der Waals surface area contributed by atoms with E-state index in [0.29, 0.717) is 0 Å². The number of nitrogens with zero attached hydrogens (tertiary/aromatic N) is 2. The van der Waals surface area contributed by atoms with Crippen molar-refractivity contribution in [1.82, 2.24) is 15.1 Å². The highest BCUT2D eigenvalue weighted by Crippen LogP contribution is 2.23. The van der Waals surface area contributed by atoms with Crippen LogP contribution in [0.5, 0.6) is 17.2 Å². The van der Waals surface area contributed by atoms with Gasteiger partial charge in [0, 0.05) is 6.54 Å². The summed E-state index contributed by atoms with van der Waals surface area (Å²) in [6, 6.07) is 7.48. The number of aromatic nitrogens is 2. The van der Waals surface area contributed by atoms with Gasteiger partial charge in [0.05, 0.1) is 19.5 Å². The average molecular weight is 261 g/mol. The lowest BCUT2D eigenvalue weighted by Gasteiger charge is -2.04. The molecule has 1 N–H and O–H groups in total. The molecule has 0 aliphatic carbocycles. The molecule has 2 rings (SSSR count). The van der Waals surface area contributed by atoms with Crippen LogP contribution in [0.25, 0.3) is 0 Å². The Morgan fingerprint density at radius 2 is 1.89 bits per heavy atom. The van der Waals surface area contributed by atoms with E-state index in [-0.39, 0.29) is 0 Å². The van der Waals surface area contributed by atoms with E-state index in [1.807, 2.05) is 42.2 Å². The van der Waals surface area contributed by atoms with Gasteiger partial charge in [-0.3, -0.25) is 4.68 Å². The van der Waals surface area contributed by atoms with Crippen LogP contribution in [0.15, 0.2) is 36.7 Å². The monoisotopic (exact) mass is 261 g/mol. The first-order valence-corrected chi connectivity index (χ1v) is 6.31. The van der Waals surface area contributed by atoms with Crippen LogP contribution in [0.3, 0.4) is 0 Å². The van der Waals surface area contributed by atoms with Crippen LogP contribution in [-0.4, -0.2) is 30.5 Å². The van der Waals surface area contributed by atoms with Gasteiger partial charge in [-0.15, -0.1) is 0 Å². The van der Waals surface area contributed by atoms with E-state index in [1.165, 1.54) is 0 Å². The van der Waals surface area contributed by atoms with Gasteiger partial charge in [0.2, 0.25) is 0 Å². The lowest BCUT2D eigenvalue weighted by atomic mass is 10.3. The Balaban J connectivity index is 1.91. The minimum Gasteiger partial charge on any atom is -0.497 e. The largest absolute Gasteiger partial charge is 0.497 e. The minimum atomic E-state index is 0.745. The Labute approximate surface area is 113 Å². The van der Waals surface area contributed by atoms with Gasteiger partial charge in [-0.2, -0.15) is 5.10 Å². The van der Waals surface area contributed by atoms with Crippen molar-refractivity contribution >= 4 is 0 Å². The van der Waals surface area contributed by atoms with Crippen LogP contribution in [0.2, 0.25) is 0 Å². The minimum absolute atomic E-state index is 0.745. The molecular formula is C14H19N3O2. The molecule has 0 amide bonds. The molecule has 1 aromatic carbocycles. The highest BCUT2D eigenvalue weighted by Gasteiger charge is 2.01. The van der Waals surface area contributed by atoms with Crippen LogP contribution in [0.4, 0.5) is 0 Å². The molecule has 19 heavy (non-hydrogen) atoms. The number of benzene rings is 1. The molecule has 1 heterocycles. The summed E-state index contributed by atoms with van der Waals surface area (Å²) in [6.45, 7) is 1.86. The first-order chi connectivity index (χ1) is 9.31. The quantitative estimate of drug-likeness (QED) is 0.777. The Morgan fingerprint density at radius 3 is 2.58 bits per heavy atom. The third-order valence-electron chi connectivity index (χ3n) is 2.72. The molecule has 0 atom stereocenters. The summed E-state index contributed by atoms with van der Waals surface area (Å²) < 4.78 is 12.7. The van der Waals surface area contributed by atoms with Gasteiger partial charge < -0.3 is 14.8 Å². The SMILES string of the molecule is CNCCCn1cc(Oc2ccc(OC)cc2)cn1. The van der Waals surface area contributed by atoms with Gasteiger partial charge in [0.15, 0.2) is 5.75 Å². The summed E-state index contributed by atoms with van der Waals surface area (Å²) in [7, 11) is 3.59. The number of hydrogen-bond acceptors (Lipinski definition) is 4. The van der Waals surface area contributed by atoms with Crippen LogP contribution in [0.1, 0.15) is 6.42 Å². The third-order valence-corrected chi connectivity index (χ3v) is 2.72. The molecule has 0 fully saturated rings. The van der Waals surface area contributed by atoms with Gasteiger partial charge >= 0.3 is 0 Å². The van der Waals surface area contributed by atoms with Crippen molar-refractivity contribution in [1.29, 1.82) is 0 Å². The number of methoxy groups -OCH3 is 1. The maximum atomic E-state index is 5.71. The van der Waals surface area contributed by atoms with E-state index >= 15 is 0 Å². The topological polar surface area (TPSA) is 48.3 Å². The number of ether oxygens (including phenoxy) is 2. The van der Waals surface area contributed by atoms with Crippen LogP contribution in [0, 0.1) is 0 Å². The van der Waals surface area contributed by atoms with Crippen molar-refractivity contribution in [2.75, 3.05) is 20.7 Å². The van der Waals surface area contributed by atoms with E-state index < -0.39 is 0 Å². The van der Waals surface area contributed by atoms with E-state index in [4.69, 9.17) is 9.47 Å². The molecular weight excluding hydrogens is 242 g/mol. The predicted octanol–water partition coefficient (Wildman–Crippen LogP) is 2.29. The fourth-order valence-corrected chi connectivity index (χ4v) is 1.72. The van der Waals surface area contributed by atoms with Crippen LogP contribution < -0.4 is 14.8 Å². The first kappa shape index (κ1) is 13.4. The zero-order chi connectivity index (χ0) is 13.5. The van der Waals surface area contributed by atoms with Crippen molar-refractivity contribution in [2.24, 2.45) is 0 Å². The summed E-state index contributed by atoms with van der Waals surface area (Å²) >= 11 is 0. The van der Waals surface area contributed by atoms with Crippen molar-refractivity contribution in [3.8, 4) is 17.2 Å². The third kappa shape index (κ3) is 3.99. The second-order valence-electron chi connectivity index (χ2n) is 4.17. The summed E-state index contributed by atoms with van der Waals surface area (Å²) in [5.74, 6) is 2.33.